The van der Waals surface area contributed by atoms with E-state index in [1.54, 1.807) is 38.5 Å². The first-order valence-electron chi connectivity index (χ1n) is 7.82. The predicted molar refractivity (Wildman–Crippen MR) is 93.6 cm³/mol. The summed E-state index contributed by atoms with van der Waals surface area (Å²) in [5.41, 5.74) is 1.59. The van der Waals surface area contributed by atoms with Crippen LogP contribution in [-0.4, -0.2) is 39.6 Å². The fourth-order valence-corrected chi connectivity index (χ4v) is 2.22. The van der Waals surface area contributed by atoms with Crippen molar-refractivity contribution < 1.29 is 23.8 Å². The molecule has 0 heterocycles. The monoisotopic (exact) mass is 343 g/mol. The van der Waals surface area contributed by atoms with Gasteiger partial charge >= 0.3 is 0 Å². The number of ether oxygens (including phenoxy) is 3. The maximum absolute atomic E-state index is 11.8. The van der Waals surface area contributed by atoms with E-state index in [9.17, 15) is 9.59 Å². The number of rotatable bonds is 9. The lowest BCUT2D eigenvalue weighted by atomic mass is 10.1. The quantitative estimate of drug-likeness (QED) is 0.707. The minimum Gasteiger partial charge on any atom is -0.493 e. The molecule has 132 valence electrons. The van der Waals surface area contributed by atoms with E-state index in [1.165, 1.54) is 0 Å². The minimum atomic E-state index is -0.208. The normalized spacial score (nSPS) is 10.0. The highest BCUT2D eigenvalue weighted by Gasteiger charge is 2.06. The smallest absolute Gasteiger partial charge is 0.257 e. The highest BCUT2D eigenvalue weighted by atomic mass is 16.5. The molecular formula is C19H21NO5. The molecule has 0 aliphatic carbocycles. The van der Waals surface area contributed by atoms with Gasteiger partial charge in [-0.05, 0) is 48.4 Å². The van der Waals surface area contributed by atoms with E-state index in [4.69, 9.17) is 14.2 Å². The molecule has 0 radical (unpaired) electrons. The maximum Gasteiger partial charge on any atom is 0.257 e. The summed E-state index contributed by atoms with van der Waals surface area (Å²) in [6.45, 7) is 0.411. The van der Waals surface area contributed by atoms with Crippen molar-refractivity contribution in [2.75, 3.05) is 27.4 Å². The van der Waals surface area contributed by atoms with Crippen molar-refractivity contribution in [2.24, 2.45) is 0 Å². The lowest BCUT2D eigenvalue weighted by Gasteiger charge is -2.10. The zero-order valence-electron chi connectivity index (χ0n) is 14.3. The first kappa shape index (κ1) is 18.3. The highest BCUT2D eigenvalue weighted by molar-refractivity contribution is 5.77. The molecule has 0 fully saturated rings. The summed E-state index contributed by atoms with van der Waals surface area (Å²) in [5.74, 6) is 1.67. The Hall–Kier alpha value is -3.02. The Morgan fingerprint density at radius 3 is 2.40 bits per heavy atom. The molecule has 2 rings (SSSR count). The molecule has 0 unspecified atom stereocenters. The van der Waals surface area contributed by atoms with Gasteiger partial charge in [-0.3, -0.25) is 9.59 Å². The molecule has 0 atom stereocenters. The molecule has 1 amide bonds. The summed E-state index contributed by atoms with van der Waals surface area (Å²) in [7, 11) is 3.17. The Kier molecular flexibility index (Phi) is 6.83. The van der Waals surface area contributed by atoms with Crippen LogP contribution in [0, 0.1) is 0 Å². The van der Waals surface area contributed by atoms with Gasteiger partial charge in [-0.1, -0.05) is 6.07 Å². The second kappa shape index (κ2) is 9.32. The number of methoxy groups -OCH3 is 2. The molecule has 0 aliphatic rings. The van der Waals surface area contributed by atoms with Crippen molar-refractivity contribution in [3.63, 3.8) is 0 Å². The van der Waals surface area contributed by atoms with E-state index in [2.05, 4.69) is 5.32 Å². The van der Waals surface area contributed by atoms with Crippen LogP contribution in [0.4, 0.5) is 0 Å². The van der Waals surface area contributed by atoms with Gasteiger partial charge in [0, 0.05) is 12.1 Å². The Morgan fingerprint density at radius 1 is 1.04 bits per heavy atom. The largest absolute Gasteiger partial charge is 0.493 e. The van der Waals surface area contributed by atoms with E-state index in [-0.39, 0.29) is 12.5 Å². The molecule has 2 aromatic rings. The summed E-state index contributed by atoms with van der Waals surface area (Å²) in [5, 5.41) is 2.80. The van der Waals surface area contributed by atoms with Crippen LogP contribution in [0.1, 0.15) is 15.9 Å². The van der Waals surface area contributed by atoms with Gasteiger partial charge in [0.25, 0.3) is 5.91 Å². The van der Waals surface area contributed by atoms with Crippen LogP contribution in [-0.2, 0) is 11.2 Å². The number of hydrogen-bond acceptors (Lipinski definition) is 5. The third-order valence-corrected chi connectivity index (χ3v) is 3.57. The van der Waals surface area contributed by atoms with E-state index in [0.29, 0.717) is 35.8 Å². The van der Waals surface area contributed by atoms with Crippen molar-refractivity contribution in [3.05, 3.63) is 53.6 Å². The third-order valence-electron chi connectivity index (χ3n) is 3.57. The van der Waals surface area contributed by atoms with E-state index >= 15 is 0 Å². The predicted octanol–water partition coefficient (Wildman–Crippen LogP) is 2.25. The number of benzene rings is 2. The van der Waals surface area contributed by atoms with Crippen LogP contribution in [0.3, 0.4) is 0 Å². The molecular weight excluding hydrogens is 322 g/mol. The average molecular weight is 343 g/mol. The maximum atomic E-state index is 11.8. The molecule has 6 heteroatoms. The Labute approximate surface area is 146 Å². The summed E-state index contributed by atoms with van der Waals surface area (Å²) in [6.07, 6.45) is 1.42. The zero-order valence-corrected chi connectivity index (χ0v) is 14.3. The van der Waals surface area contributed by atoms with Crippen molar-refractivity contribution in [3.8, 4) is 17.2 Å². The third kappa shape index (κ3) is 5.53. The lowest BCUT2D eigenvalue weighted by Crippen LogP contribution is -2.30. The number of hydrogen-bond donors (Lipinski definition) is 1. The van der Waals surface area contributed by atoms with Gasteiger partial charge in [-0.2, -0.15) is 0 Å². The van der Waals surface area contributed by atoms with Gasteiger partial charge in [0.2, 0.25) is 0 Å². The molecule has 0 saturated heterocycles. The van der Waals surface area contributed by atoms with Crippen LogP contribution in [0.15, 0.2) is 42.5 Å². The molecule has 0 saturated carbocycles. The van der Waals surface area contributed by atoms with Crippen LogP contribution in [0.25, 0.3) is 0 Å². The topological polar surface area (TPSA) is 73.9 Å². The van der Waals surface area contributed by atoms with Crippen molar-refractivity contribution in [1.82, 2.24) is 5.32 Å². The van der Waals surface area contributed by atoms with Gasteiger partial charge in [0.1, 0.15) is 12.0 Å². The van der Waals surface area contributed by atoms with E-state index in [1.807, 2.05) is 18.2 Å². The van der Waals surface area contributed by atoms with Crippen LogP contribution in [0.5, 0.6) is 17.2 Å². The number of carbonyl (C=O) groups excluding carboxylic acids is 2. The van der Waals surface area contributed by atoms with Crippen LogP contribution < -0.4 is 19.5 Å². The van der Waals surface area contributed by atoms with Gasteiger partial charge in [0.15, 0.2) is 18.1 Å². The summed E-state index contributed by atoms with van der Waals surface area (Å²) < 4.78 is 15.8. The fraction of sp³-hybridized carbons (Fsp3) is 0.263. The van der Waals surface area contributed by atoms with Gasteiger partial charge < -0.3 is 19.5 Å². The molecule has 1 N–H and O–H groups in total. The summed E-state index contributed by atoms with van der Waals surface area (Å²) in [6, 6.07) is 12.2. The average Bonchev–Trinajstić information content (AvgIpc) is 2.66. The second-order valence-corrected chi connectivity index (χ2v) is 5.26. The molecule has 0 aromatic heterocycles. The number of aldehydes is 1. The molecule has 25 heavy (non-hydrogen) atoms. The number of carbonyl (C=O) groups is 2. The zero-order chi connectivity index (χ0) is 18.1. The Balaban J connectivity index is 1.75. The standard InChI is InChI=1S/C19H21NO5/c1-23-17-8-5-14(11-18(17)24-2)9-10-20-19(22)13-25-16-6-3-15(12-21)4-7-16/h3-8,11-12H,9-10,13H2,1-2H3,(H,20,22). The number of nitrogens with one attached hydrogen (secondary N) is 1. The molecule has 0 spiro atoms. The van der Waals surface area contributed by atoms with Crippen LogP contribution in [0.2, 0.25) is 0 Å². The van der Waals surface area contributed by atoms with E-state index in [0.717, 1.165) is 11.8 Å². The van der Waals surface area contributed by atoms with Crippen LogP contribution >= 0.6 is 0 Å². The summed E-state index contributed by atoms with van der Waals surface area (Å²) in [4.78, 5) is 22.4. The fourth-order valence-electron chi connectivity index (χ4n) is 2.22. The van der Waals surface area contributed by atoms with Crippen molar-refractivity contribution in [1.29, 1.82) is 0 Å². The van der Waals surface area contributed by atoms with Gasteiger partial charge in [-0.15, -0.1) is 0 Å². The minimum absolute atomic E-state index is 0.0770. The molecule has 0 bridgehead atoms. The van der Waals surface area contributed by atoms with Crippen molar-refractivity contribution >= 4 is 12.2 Å². The summed E-state index contributed by atoms with van der Waals surface area (Å²) >= 11 is 0. The SMILES string of the molecule is COc1ccc(CCNC(=O)COc2ccc(C=O)cc2)cc1OC. The van der Waals surface area contributed by atoms with E-state index < -0.39 is 0 Å². The Morgan fingerprint density at radius 2 is 1.76 bits per heavy atom. The van der Waals surface area contributed by atoms with Gasteiger partial charge in [0.05, 0.1) is 14.2 Å². The molecule has 6 nitrogen and oxygen atoms in total. The Bertz CT molecular complexity index is 712. The van der Waals surface area contributed by atoms with Gasteiger partial charge in [-0.25, -0.2) is 0 Å². The molecule has 2 aromatic carbocycles. The van der Waals surface area contributed by atoms with Crippen molar-refractivity contribution in [2.45, 2.75) is 6.42 Å². The second-order valence-electron chi connectivity index (χ2n) is 5.26. The molecule has 0 aliphatic heterocycles. The first-order chi connectivity index (χ1) is 12.2. The first-order valence-corrected chi connectivity index (χ1v) is 7.82. The highest BCUT2D eigenvalue weighted by Crippen LogP contribution is 2.27. The lowest BCUT2D eigenvalue weighted by molar-refractivity contribution is -0.123. The number of amides is 1.